The van der Waals surface area contributed by atoms with Gasteiger partial charge >= 0.3 is 6.09 Å². The van der Waals surface area contributed by atoms with Crippen molar-refractivity contribution in [2.24, 2.45) is 5.73 Å². The van der Waals surface area contributed by atoms with Crippen LogP contribution >= 0.6 is 11.6 Å². The second-order valence-corrected chi connectivity index (χ2v) is 6.12. The van der Waals surface area contributed by atoms with Gasteiger partial charge in [0.15, 0.2) is 0 Å². The predicted octanol–water partition coefficient (Wildman–Crippen LogP) is 3.75. The molecule has 0 spiro atoms. The van der Waals surface area contributed by atoms with Gasteiger partial charge in [-0.15, -0.1) is 0 Å². The van der Waals surface area contributed by atoms with E-state index in [2.05, 4.69) is 0 Å². The Bertz CT molecular complexity index is 678. The van der Waals surface area contributed by atoms with E-state index in [4.69, 9.17) is 22.1 Å². The molecule has 5 heteroatoms. The average molecular weight is 331 g/mol. The highest BCUT2D eigenvalue weighted by Crippen LogP contribution is 2.32. The van der Waals surface area contributed by atoms with Crippen LogP contribution in [0.5, 0.6) is 0 Å². The van der Waals surface area contributed by atoms with E-state index in [9.17, 15) is 4.79 Å². The molecular formula is C18H19ClN2O2. The second-order valence-electron chi connectivity index (χ2n) is 5.69. The van der Waals surface area contributed by atoms with Crippen molar-refractivity contribution in [3.8, 4) is 0 Å². The molecule has 1 aliphatic rings. The van der Waals surface area contributed by atoms with Gasteiger partial charge in [-0.05, 0) is 29.7 Å². The van der Waals surface area contributed by atoms with Gasteiger partial charge in [-0.25, -0.2) is 4.79 Å². The molecule has 0 aliphatic carbocycles. The van der Waals surface area contributed by atoms with E-state index >= 15 is 0 Å². The van der Waals surface area contributed by atoms with Crippen molar-refractivity contribution < 1.29 is 9.53 Å². The van der Waals surface area contributed by atoms with Gasteiger partial charge in [0.25, 0.3) is 0 Å². The van der Waals surface area contributed by atoms with Gasteiger partial charge in [-0.1, -0.05) is 54.1 Å². The SMILES string of the molecule is N[C@@H]1CCN(C(=O)OCc2ccccc2)[C@@H]1c1cccc(Cl)c1. The summed E-state index contributed by atoms with van der Waals surface area (Å²) in [7, 11) is 0. The van der Waals surface area contributed by atoms with Crippen LogP contribution in [-0.2, 0) is 11.3 Å². The fourth-order valence-corrected chi connectivity index (χ4v) is 3.14. The quantitative estimate of drug-likeness (QED) is 0.932. The molecule has 0 unspecified atom stereocenters. The molecule has 2 N–H and O–H groups in total. The molecule has 2 aromatic carbocycles. The molecule has 1 fully saturated rings. The number of amides is 1. The number of nitrogens with two attached hydrogens (primary N) is 1. The van der Waals surface area contributed by atoms with Crippen LogP contribution in [0.2, 0.25) is 5.02 Å². The predicted molar refractivity (Wildman–Crippen MR) is 90.1 cm³/mol. The summed E-state index contributed by atoms with van der Waals surface area (Å²) in [4.78, 5) is 14.1. The Morgan fingerprint density at radius 2 is 2.00 bits per heavy atom. The van der Waals surface area contributed by atoms with Gasteiger partial charge < -0.3 is 10.5 Å². The van der Waals surface area contributed by atoms with Crippen molar-refractivity contribution in [3.63, 3.8) is 0 Å². The maximum atomic E-state index is 12.4. The van der Waals surface area contributed by atoms with Gasteiger partial charge in [-0.2, -0.15) is 0 Å². The smallest absolute Gasteiger partial charge is 0.410 e. The fourth-order valence-electron chi connectivity index (χ4n) is 2.94. The Labute approximate surface area is 140 Å². The summed E-state index contributed by atoms with van der Waals surface area (Å²) in [5.41, 5.74) is 8.11. The third kappa shape index (κ3) is 3.66. The van der Waals surface area contributed by atoms with Gasteiger partial charge in [0.05, 0.1) is 6.04 Å². The minimum Gasteiger partial charge on any atom is -0.445 e. The summed E-state index contributed by atoms with van der Waals surface area (Å²) in [5, 5.41) is 0.638. The van der Waals surface area contributed by atoms with Crippen molar-refractivity contribution in [2.45, 2.75) is 25.1 Å². The van der Waals surface area contributed by atoms with E-state index in [1.807, 2.05) is 54.6 Å². The van der Waals surface area contributed by atoms with Crippen molar-refractivity contribution in [2.75, 3.05) is 6.54 Å². The third-order valence-electron chi connectivity index (χ3n) is 4.07. The first kappa shape index (κ1) is 15.8. The number of likely N-dealkylation sites (tertiary alicyclic amines) is 1. The van der Waals surface area contributed by atoms with Gasteiger partial charge in [0.2, 0.25) is 0 Å². The Hall–Kier alpha value is -2.04. The standard InChI is InChI=1S/C18H19ClN2O2/c19-15-8-4-7-14(11-15)17-16(20)9-10-21(17)18(22)23-12-13-5-2-1-3-6-13/h1-8,11,16-17H,9-10,12,20H2/t16-,17-/m1/s1. The molecule has 1 amide bonds. The molecule has 0 radical (unpaired) electrons. The van der Waals surface area contributed by atoms with Crippen molar-refractivity contribution in [3.05, 3.63) is 70.7 Å². The maximum absolute atomic E-state index is 12.4. The molecule has 1 aliphatic heterocycles. The monoisotopic (exact) mass is 330 g/mol. The van der Waals surface area contributed by atoms with E-state index in [1.54, 1.807) is 4.90 Å². The summed E-state index contributed by atoms with van der Waals surface area (Å²) in [5.74, 6) is 0. The van der Waals surface area contributed by atoms with Crippen LogP contribution in [0.4, 0.5) is 4.79 Å². The molecule has 1 heterocycles. The van der Waals surface area contributed by atoms with Crippen LogP contribution in [0, 0.1) is 0 Å². The van der Waals surface area contributed by atoms with E-state index in [0.717, 1.165) is 17.5 Å². The molecule has 0 bridgehead atoms. The van der Waals surface area contributed by atoms with E-state index in [0.29, 0.717) is 11.6 Å². The second kappa shape index (κ2) is 7.02. The molecule has 3 rings (SSSR count). The summed E-state index contributed by atoms with van der Waals surface area (Å²) >= 11 is 6.06. The Morgan fingerprint density at radius 1 is 1.22 bits per heavy atom. The summed E-state index contributed by atoms with van der Waals surface area (Å²) in [6, 6.07) is 16.8. The van der Waals surface area contributed by atoms with Crippen LogP contribution in [0.1, 0.15) is 23.6 Å². The van der Waals surface area contributed by atoms with Crippen LogP contribution in [0.15, 0.2) is 54.6 Å². The minimum absolute atomic E-state index is 0.113. The van der Waals surface area contributed by atoms with Crippen LogP contribution in [0.25, 0.3) is 0 Å². The van der Waals surface area contributed by atoms with E-state index < -0.39 is 0 Å². The first-order valence-electron chi connectivity index (χ1n) is 7.63. The highest BCUT2D eigenvalue weighted by atomic mass is 35.5. The summed E-state index contributed by atoms with van der Waals surface area (Å²) < 4.78 is 5.44. The van der Waals surface area contributed by atoms with E-state index in [1.165, 1.54) is 0 Å². The Kier molecular flexibility index (Phi) is 4.84. The molecule has 0 saturated carbocycles. The van der Waals surface area contributed by atoms with Gasteiger partial charge in [-0.3, -0.25) is 4.90 Å². The highest BCUT2D eigenvalue weighted by molar-refractivity contribution is 6.30. The molecule has 1 saturated heterocycles. The lowest BCUT2D eigenvalue weighted by molar-refractivity contribution is 0.0908. The lowest BCUT2D eigenvalue weighted by Crippen LogP contribution is -2.36. The normalized spacial score (nSPS) is 20.5. The van der Waals surface area contributed by atoms with Crippen molar-refractivity contribution in [1.82, 2.24) is 4.90 Å². The molecule has 0 aromatic heterocycles. The first-order valence-corrected chi connectivity index (χ1v) is 8.01. The zero-order valence-electron chi connectivity index (χ0n) is 12.7. The number of hydrogen-bond acceptors (Lipinski definition) is 3. The molecule has 120 valence electrons. The van der Waals surface area contributed by atoms with Crippen molar-refractivity contribution in [1.29, 1.82) is 0 Å². The zero-order chi connectivity index (χ0) is 16.2. The Balaban J connectivity index is 1.71. The molecule has 2 atom stereocenters. The molecular weight excluding hydrogens is 312 g/mol. The number of nitrogens with zero attached hydrogens (tertiary/aromatic N) is 1. The van der Waals surface area contributed by atoms with Crippen LogP contribution in [0.3, 0.4) is 0 Å². The fraction of sp³-hybridized carbons (Fsp3) is 0.278. The Morgan fingerprint density at radius 3 is 2.74 bits per heavy atom. The number of rotatable bonds is 3. The third-order valence-corrected chi connectivity index (χ3v) is 4.31. The average Bonchev–Trinajstić information content (AvgIpc) is 2.95. The van der Waals surface area contributed by atoms with Gasteiger partial charge in [0.1, 0.15) is 6.61 Å². The van der Waals surface area contributed by atoms with Crippen LogP contribution < -0.4 is 5.73 Å². The number of carbonyl (C=O) groups is 1. The number of ether oxygens (including phenoxy) is 1. The number of halogens is 1. The number of benzene rings is 2. The topological polar surface area (TPSA) is 55.6 Å². The maximum Gasteiger partial charge on any atom is 0.410 e. The largest absolute Gasteiger partial charge is 0.445 e. The minimum atomic E-state index is -0.341. The van der Waals surface area contributed by atoms with E-state index in [-0.39, 0.29) is 24.8 Å². The highest BCUT2D eigenvalue weighted by Gasteiger charge is 2.37. The van der Waals surface area contributed by atoms with Gasteiger partial charge in [0, 0.05) is 17.6 Å². The molecule has 2 aromatic rings. The lowest BCUT2D eigenvalue weighted by atomic mass is 10.0. The summed E-state index contributed by atoms with van der Waals surface area (Å²) in [6.07, 6.45) is 0.407. The summed E-state index contributed by atoms with van der Waals surface area (Å²) in [6.45, 7) is 0.847. The zero-order valence-corrected chi connectivity index (χ0v) is 13.4. The molecule has 4 nitrogen and oxygen atoms in total. The van der Waals surface area contributed by atoms with Crippen molar-refractivity contribution >= 4 is 17.7 Å². The molecule has 23 heavy (non-hydrogen) atoms. The lowest BCUT2D eigenvalue weighted by Gasteiger charge is -2.26. The number of carbonyl (C=O) groups excluding carboxylic acids is 1. The van der Waals surface area contributed by atoms with Crippen LogP contribution in [-0.4, -0.2) is 23.6 Å². The number of hydrogen-bond donors (Lipinski definition) is 1. The first-order chi connectivity index (χ1) is 11.1.